The van der Waals surface area contributed by atoms with Crippen molar-refractivity contribution in [3.05, 3.63) is 76.9 Å². The van der Waals surface area contributed by atoms with Gasteiger partial charge in [0.2, 0.25) is 5.95 Å². The summed E-state index contributed by atoms with van der Waals surface area (Å²) in [6.45, 7) is 5.55. The molecule has 0 radical (unpaired) electrons. The van der Waals surface area contributed by atoms with E-state index in [-0.39, 0.29) is 11.6 Å². The number of aromatic nitrogens is 3. The molecule has 0 amide bonds. The Kier molecular flexibility index (Phi) is 6.56. The molecule has 0 unspecified atom stereocenters. The van der Waals surface area contributed by atoms with E-state index in [1.165, 1.54) is 0 Å². The number of nitrogen functional groups attached to an aromatic ring is 1. The second-order valence-corrected chi connectivity index (χ2v) is 7.68. The van der Waals surface area contributed by atoms with Gasteiger partial charge in [-0.3, -0.25) is 4.98 Å². The third-order valence-corrected chi connectivity index (χ3v) is 4.81. The van der Waals surface area contributed by atoms with Crippen LogP contribution in [0.25, 0.3) is 17.0 Å². The molecule has 2 aromatic heterocycles. The Morgan fingerprint density at radius 1 is 1.25 bits per heavy atom. The van der Waals surface area contributed by atoms with E-state index >= 15 is 0 Å². The average molecular weight is 429 g/mol. The molecule has 0 fully saturated rings. The van der Waals surface area contributed by atoms with Gasteiger partial charge in [0.1, 0.15) is 11.3 Å². The Morgan fingerprint density at radius 2 is 2.00 bits per heavy atom. The predicted molar refractivity (Wildman–Crippen MR) is 121 cm³/mol. The van der Waals surface area contributed by atoms with E-state index in [0.29, 0.717) is 29.2 Å². The van der Waals surface area contributed by atoms with E-state index in [1.54, 1.807) is 44.3 Å². The van der Waals surface area contributed by atoms with Crippen LogP contribution in [0.15, 0.2) is 53.8 Å². The number of nitrogens with one attached hydrogen (secondary N) is 2. The molecule has 5 N–H and O–H groups in total. The van der Waals surface area contributed by atoms with Crippen molar-refractivity contribution >= 4 is 11.6 Å². The van der Waals surface area contributed by atoms with Crippen LogP contribution in [0.1, 0.15) is 42.1 Å². The van der Waals surface area contributed by atoms with Gasteiger partial charge in [-0.05, 0) is 50.6 Å². The Morgan fingerprint density at radius 3 is 2.69 bits per heavy atom. The third kappa shape index (κ3) is 5.11. The maximum atomic E-state index is 10.1. The van der Waals surface area contributed by atoms with Crippen LogP contribution < -0.4 is 11.1 Å². The number of anilines is 1. The molecule has 1 aromatic carbocycles. The summed E-state index contributed by atoms with van der Waals surface area (Å²) in [5.74, 6) is 0.0355. The zero-order valence-corrected chi connectivity index (χ0v) is 18.1. The molecule has 2 heterocycles. The van der Waals surface area contributed by atoms with E-state index in [1.807, 2.05) is 25.1 Å². The first-order chi connectivity index (χ1) is 15.2. The molecule has 9 heteroatoms. The highest BCUT2D eigenvalue weighted by Gasteiger charge is 2.17. The van der Waals surface area contributed by atoms with E-state index in [2.05, 4.69) is 31.5 Å². The number of aliphatic hydroxyl groups is 1. The summed E-state index contributed by atoms with van der Waals surface area (Å²) < 4.78 is 0. The Hall–Kier alpha value is -4.16. The first-order valence-corrected chi connectivity index (χ1v) is 9.87. The van der Waals surface area contributed by atoms with Crippen molar-refractivity contribution in [3.63, 3.8) is 0 Å². The molecule has 0 spiro atoms. The molecule has 0 aliphatic heterocycles. The number of hydrogen-bond acceptors (Lipinski definition) is 9. The summed E-state index contributed by atoms with van der Waals surface area (Å²) in [7, 11) is 0. The lowest BCUT2D eigenvalue weighted by molar-refractivity contribution is 0.0736. The van der Waals surface area contributed by atoms with Crippen molar-refractivity contribution in [1.29, 1.82) is 10.8 Å². The van der Waals surface area contributed by atoms with Crippen LogP contribution in [-0.2, 0) is 12.1 Å². The van der Waals surface area contributed by atoms with E-state index < -0.39 is 5.60 Å². The second-order valence-electron chi connectivity index (χ2n) is 7.68. The van der Waals surface area contributed by atoms with Crippen LogP contribution in [0.4, 0.5) is 5.95 Å². The van der Waals surface area contributed by atoms with Crippen LogP contribution in [0.2, 0.25) is 0 Å². The smallest absolute Gasteiger partial charge is 0.221 e. The van der Waals surface area contributed by atoms with Gasteiger partial charge in [-0.1, -0.05) is 18.2 Å². The zero-order chi connectivity index (χ0) is 23.3. The van der Waals surface area contributed by atoms with Gasteiger partial charge in [0.25, 0.3) is 0 Å². The molecular formula is C23H24N8O. The fourth-order valence-electron chi connectivity index (χ4n) is 3.10. The second kappa shape index (κ2) is 9.32. The Balaban J connectivity index is 1.88. The number of benzene rings is 1. The summed E-state index contributed by atoms with van der Waals surface area (Å²) in [5.41, 5.74) is 17.0. The standard InChI is InChI=1S/C23H24N8O/c1-14-15(11-24)6-4-8-17(14)18-10-19(30-22(25)29-18)20(31-26)13-27-12-16-7-5-9-21(28-16)23(2,3)32/h4-10,13,26-27,32H,12H2,1-3H3,(H2,25,29,30)/b20-13-,31-26?. The molecule has 0 aliphatic carbocycles. The maximum absolute atomic E-state index is 10.1. The summed E-state index contributed by atoms with van der Waals surface area (Å²) >= 11 is 0. The lowest BCUT2D eigenvalue weighted by Crippen LogP contribution is -2.19. The summed E-state index contributed by atoms with van der Waals surface area (Å²) in [6.07, 6.45) is 1.55. The van der Waals surface area contributed by atoms with Gasteiger partial charge in [-0.25, -0.2) is 15.5 Å². The van der Waals surface area contributed by atoms with Gasteiger partial charge >= 0.3 is 0 Å². The van der Waals surface area contributed by atoms with E-state index in [4.69, 9.17) is 11.3 Å². The topological polar surface area (TPSA) is 157 Å². The predicted octanol–water partition coefficient (Wildman–Crippen LogP) is 3.65. The van der Waals surface area contributed by atoms with Crippen molar-refractivity contribution in [2.45, 2.75) is 32.9 Å². The van der Waals surface area contributed by atoms with Crippen LogP contribution in [0.3, 0.4) is 0 Å². The maximum Gasteiger partial charge on any atom is 0.221 e. The highest BCUT2D eigenvalue weighted by molar-refractivity contribution is 5.71. The minimum Gasteiger partial charge on any atom is -0.384 e. The van der Waals surface area contributed by atoms with Crippen molar-refractivity contribution in [1.82, 2.24) is 20.3 Å². The molecule has 0 saturated carbocycles. The largest absolute Gasteiger partial charge is 0.384 e. The number of nitrogens with zero attached hydrogens (tertiary/aromatic N) is 5. The van der Waals surface area contributed by atoms with Crippen LogP contribution in [0, 0.1) is 23.8 Å². The zero-order valence-electron chi connectivity index (χ0n) is 18.1. The van der Waals surface area contributed by atoms with E-state index in [0.717, 1.165) is 16.8 Å². The quantitative estimate of drug-likeness (QED) is 0.418. The van der Waals surface area contributed by atoms with Crippen molar-refractivity contribution < 1.29 is 5.11 Å². The average Bonchev–Trinajstić information content (AvgIpc) is 2.76. The Bertz CT molecular complexity index is 1220. The van der Waals surface area contributed by atoms with Crippen LogP contribution >= 0.6 is 0 Å². The molecule has 0 saturated heterocycles. The summed E-state index contributed by atoms with van der Waals surface area (Å²) in [5, 5.41) is 26.1. The first kappa shape index (κ1) is 22.5. The molecule has 0 aliphatic rings. The summed E-state index contributed by atoms with van der Waals surface area (Å²) in [4.78, 5) is 12.9. The minimum atomic E-state index is -1.04. The lowest BCUT2D eigenvalue weighted by Gasteiger charge is -2.17. The summed E-state index contributed by atoms with van der Waals surface area (Å²) in [6, 6.07) is 14.6. The Labute approximate surface area is 186 Å². The van der Waals surface area contributed by atoms with Crippen LogP contribution in [-0.4, -0.2) is 20.1 Å². The molecule has 0 bridgehead atoms. The van der Waals surface area contributed by atoms with Crippen molar-refractivity contribution in [2.24, 2.45) is 5.11 Å². The van der Waals surface area contributed by atoms with E-state index in [9.17, 15) is 10.4 Å². The highest BCUT2D eigenvalue weighted by Crippen LogP contribution is 2.27. The molecule has 9 nitrogen and oxygen atoms in total. The first-order valence-electron chi connectivity index (χ1n) is 9.87. The minimum absolute atomic E-state index is 0.0355. The van der Waals surface area contributed by atoms with Crippen molar-refractivity contribution in [2.75, 3.05) is 5.73 Å². The molecular weight excluding hydrogens is 404 g/mol. The van der Waals surface area contributed by atoms with Gasteiger partial charge < -0.3 is 16.2 Å². The van der Waals surface area contributed by atoms with Gasteiger partial charge in [0, 0.05) is 11.8 Å². The van der Waals surface area contributed by atoms with Crippen LogP contribution in [0.5, 0.6) is 0 Å². The number of pyridine rings is 1. The molecule has 32 heavy (non-hydrogen) atoms. The van der Waals surface area contributed by atoms with Gasteiger partial charge in [-0.2, -0.15) is 10.4 Å². The normalized spacial score (nSPS) is 11.7. The third-order valence-electron chi connectivity index (χ3n) is 4.81. The number of nitriles is 1. The molecule has 3 aromatic rings. The fraction of sp³-hybridized carbons (Fsp3) is 0.217. The molecule has 3 rings (SSSR count). The molecule has 0 atom stereocenters. The number of nitrogens with two attached hydrogens (primary N) is 1. The molecule has 162 valence electrons. The lowest BCUT2D eigenvalue weighted by atomic mass is 10.00. The number of hydrogen-bond donors (Lipinski definition) is 4. The number of rotatable bonds is 7. The highest BCUT2D eigenvalue weighted by atomic mass is 16.3. The van der Waals surface area contributed by atoms with Crippen molar-refractivity contribution in [3.8, 4) is 17.3 Å². The van der Waals surface area contributed by atoms with Gasteiger partial charge in [0.15, 0.2) is 0 Å². The fourth-order valence-corrected chi connectivity index (χ4v) is 3.10. The SMILES string of the molecule is Cc1c(C#N)cccc1-c1cc(/C(=C/NCc2cccc(C(C)(C)O)n2)N=N)nc(N)n1. The van der Waals surface area contributed by atoms with Gasteiger partial charge in [0.05, 0.1) is 41.0 Å². The van der Waals surface area contributed by atoms with Gasteiger partial charge in [-0.15, -0.1) is 0 Å². The monoisotopic (exact) mass is 428 g/mol.